The van der Waals surface area contributed by atoms with Crippen molar-refractivity contribution >= 4 is 17.5 Å². The number of aromatic nitrogens is 5. The Bertz CT molecular complexity index is 1040. The van der Waals surface area contributed by atoms with Gasteiger partial charge in [-0.25, -0.2) is 4.98 Å². The summed E-state index contributed by atoms with van der Waals surface area (Å²) in [5, 5.41) is 3.96. The highest BCUT2D eigenvalue weighted by Crippen LogP contribution is 2.23. The molecular weight excluding hydrogens is 384 g/mol. The molecular formula is C18H17ClN6O3. The number of carbonyl (C=O) groups is 1. The molecule has 3 aromatic heterocycles. The van der Waals surface area contributed by atoms with E-state index in [9.17, 15) is 9.59 Å². The average molecular weight is 401 g/mol. The summed E-state index contributed by atoms with van der Waals surface area (Å²) in [4.78, 5) is 40.9. The van der Waals surface area contributed by atoms with Crippen molar-refractivity contribution in [3.05, 3.63) is 57.7 Å². The molecule has 4 rings (SSSR count). The van der Waals surface area contributed by atoms with Gasteiger partial charge in [0.25, 0.3) is 11.5 Å². The zero-order valence-corrected chi connectivity index (χ0v) is 15.6. The van der Waals surface area contributed by atoms with Crippen LogP contribution in [0.15, 0.2) is 40.2 Å². The van der Waals surface area contributed by atoms with E-state index < -0.39 is 5.56 Å². The third-order valence-electron chi connectivity index (χ3n) is 4.63. The highest BCUT2D eigenvalue weighted by atomic mass is 35.5. The summed E-state index contributed by atoms with van der Waals surface area (Å²) >= 11 is 5.83. The van der Waals surface area contributed by atoms with Gasteiger partial charge < -0.3 is 14.4 Å². The summed E-state index contributed by atoms with van der Waals surface area (Å²) in [5.41, 5.74) is 0.505. The summed E-state index contributed by atoms with van der Waals surface area (Å²) in [5.74, 6) is 0.946. The van der Waals surface area contributed by atoms with Crippen molar-refractivity contribution in [3.63, 3.8) is 0 Å². The van der Waals surface area contributed by atoms with Gasteiger partial charge in [0.2, 0.25) is 11.7 Å². The number of aromatic amines is 1. The second-order valence-electron chi connectivity index (χ2n) is 6.63. The van der Waals surface area contributed by atoms with Gasteiger partial charge in [-0.05, 0) is 24.8 Å². The Morgan fingerprint density at radius 1 is 1.39 bits per heavy atom. The molecule has 144 valence electrons. The minimum absolute atomic E-state index is 0.00168. The summed E-state index contributed by atoms with van der Waals surface area (Å²) in [6.07, 6.45) is 8.52. The van der Waals surface area contributed by atoms with Crippen LogP contribution in [-0.4, -0.2) is 49.0 Å². The van der Waals surface area contributed by atoms with Crippen LogP contribution < -0.4 is 5.56 Å². The fourth-order valence-electron chi connectivity index (χ4n) is 3.28. The number of H-pyrrole nitrogens is 1. The van der Waals surface area contributed by atoms with Gasteiger partial charge in [0.15, 0.2) is 0 Å². The van der Waals surface area contributed by atoms with Crippen molar-refractivity contribution in [3.8, 4) is 11.5 Å². The maximum atomic E-state index is 12.7. The van der Waals surface area contributed by atoms with Crippen molar-refractivity contribution < 1.29 is 9.32 Å². The first-order chi connectivity index (χ1) is 13.6. The van der Waals surface area contributed by atoms with Crippen LogP contribution in [0.3, 0.4) is 0 Å². The molecule has 1 atom stereocenters. The Morgan fingerprint density at radius 2 is 2.29 bits per heavy atom. The predicted molar refractivity (Wildman–Crippen MR) is 99.7 cm³/mol. The number of carbonyl (C=O) groups excluding carboxylic acids is 1. The molecule has 0 unspecified atom stereocenters. The van der Waals surface area contributed by atoms with E-state index in [-0.39, 0.29) is 16.8 Å². The lowest BCUT2D eigenvalue weighted by atomic mass is 9.94. The van der Waals surface area contributed by atoms with Crippen LogP contribution in [0.25, 0.3) is 11.5 Å². The van der Waals surface area contributed by atoms with E-state index in [1.54, 1.807) is 23.5 Å². The largest absolute Gasteiger partial charge is 0.339 e. The lowest BCUT2D eigenvalue weighted by molar-refractivity contribution is 0.0667. The molecule has 0 radical (unpaired) electrons. The third-order valence-corrected chi connectivity index (χ3v) is 4.92. The van der Waals surface area contributed by atoms with Gasteiger partial charge in [-0.15, -0.1) is 0 Å². The van der Waals surface area contributed by atoms with Gasteiger partial charge in [0, 0.05) is 38.1 Å². The fourth-order valence-corrected chi connectivity index (χ4v) is 3.45. The number of hydrogen-bond donors (Lipinski definition) is 1. The number of nitrogens with one attached hydrogen (secondary N) is 1. The van der Waals surface area contributed by atoms with Crippen LogP contribution in [0, 0.1) is 5.92 Å². The molecule has 1 saturated heterocycles. The molecule has 0 aliphatic carbocycles. The topological polar surface area (TPSA) is 118 Å². The maximum absolute atomic E-state index is 12.7. The molecule has 3 aromatic rings. The quantitative estimate of drug-likeness (QED) is 0.711. The molecule has 1 aliphatic rings. The lowest BCUT2D eigenvalue weighted by Gasteiger charge is -2.32. The zero-order valence-electron chi connectivity index (χ0n) is 14.8. The van der Waals surface area contributed by atoms with Crippen LogP contribution >= 0.6 is 11.6 Å². The summed E-state index contributed by atoms with van der Waals surface area (Å²) in [6.45, 7) is 1.22. The molecule has 1 amide bonds. The van der Waals surface area contributed by atoms with E-state index in [1.807, 2.05) is 0 Å². The number of pyridine rings is 1. The molecule has 4 heterocycles. The molecule has 0 saturated carbocycles. The summed E-state index contributed by atoms with van der Waals surface area (Å²) in [7, 11) is 0. The van der Waals surface area contributed by atoms with Crippen molar-refractivity contribution in [1.29, 1.82) is 0 Å². The summed E-state index contributed by atoms with van der Waals surface area (Å²) in [6, 6.07) is 1.40. The summed E-state index contributed by atoms with van der Waals surface area (Å²) < 4.78 is 5.34. The zero-order chi connectivity index (χ0) is 19.5. The third kappa shape index (κ3) is 3.94. The van der Waals surface area contributed by atoms with Crippen LogP contribution in [0.1, 0.15) is 29.1 Å². The van der Waals surface area contributed by atoms with Gasteiger partial charge in [0.05, 0.1) is 11.8 Å². The van der Waals surface area contributed by atoms with Crippen LogP contribution in [0.5, 0.6) is 0 Å². The Labute approximate surface area is 164 Å². The van der Waals surface area contributed by atoms with Crippen molar-refractivity contribution in [2.75, 3.05) is 13.1 Å². The highest BCUT2D eigenvalue weighted by Gasteiger charge is 2.26. The van der Waals surface area contributed by atoms with Gasteiger partial charge in [0.1, 0.15) is 10.7 Å². The van der Waals surface area contributed by atoms with E-state index in [4.69, 9.17) is 16.1 Å². The average Bonchev–Trinajstić information content (AvgIpc) is 3.19. The minimum Gasteiger partial charge on any atom is -0.339 e. The second-order valence-corrected chi connectivity index (χ2v) is 7.04. The van der Waals surface area contributed by atoms with E-state index >= 15 is 0 Å². The van der Waals surface area contributed by atoms with Crippen LogP contribution in [-0.2, 0) is 6.42 Å². The Kier molecular flexibility index (Phi) is 5.16. The van der Waals surface area contributed by atoms with Crippen LogP contribution in [0.4, 0.5) is 0 Å². The first kappa shape index (κ1) is 18.3. The van der Waals surface area contributed by atoms with Gasteiger partial charge >= 0.3 is 0 Å². The predicted octanol–water partition coefficient (Wildman–Crippen LogP) is 1.96. The molecule has 1 aliphatic heterocycles. The van der Waals surface area contributed by atoms with E-state index in [1.165, 1.54) is 12.3 Å². The van der Waals surface area contributed by atoms with E-state index in [0.29, 0.717) is 42.5 Å². The number of halogens is 1. The monoisotopic (exact) mass is 400 g/mol. The second kappa shape index (κ2) is 7.89. The minimum atomic E-state index is -0.412. The molecule has 0 spiro atoms. The van der Waals surface area contributed by atoms with Gasteiger partial charge in [-0.1, -0.05) is 16.8 Å². The maximum Gasteiger partial charge on any atom is 0.266 e. The number of nitrogens with zero attached hydrogens (tertiary/aromatic N) is 5. The normalized spacial score (nSPS) is 16.9. The number of hydrogen-bond acceptors (Lipinski definition) is 7. The molecule has 1 N–H and O–H groups in total. The van der Waals surface area contributed by atoms with Crippen molar-refractivity contribution in [2.24, 2.45) is 5.92 Å². The molecule has 9 nitrogen and oxygen atoms in total. The molecule has 0 bridgehead atoms. The number of piperidine rings is 1. The van der Waals surface area contributed by atoms with E-state index in [2.05, 4.69) is 25.1 Å². The Balaban J connectivity index is 1.43. The Morgan fingerprint density at radius 3 is 3.07 bits per heavy atom. The van der Waals surface area contributed by atoms with Crippen LogP contribution in [0.2, 0.25) is 5.02 Å². The highest BCUT2D eigenvalue weighted by molar-refractivity contribution is 6.30. The SMILES string of the molecule is O=C(c1c[nH]c(=O)c(Cl)c1)N1CCC[C@@H](Cc2nc(-c3cnccn3)no2)C1. The number of amides is 1. The smallest absolute Gasteiger partial charge is 0.266 e. The van der Waals surface area contributed by atoms with Crippen molar-refractivity contribution in [1.82, 2.24) is 30.0 Å². The lowest BCUT2D eigenvalue weighted by Crippen LogP contribution is -2.40. The number of likely N-dealkylation sites (tertiary alicyclic amines) is 1. The molecule has 1 fully saturated rings. The van der Waals surface area contributed by atoms with Gasteiger partial charge in [-0.3, -0.25) is 14.6 Å². The van der Waals surface area contributed by atoms with E-state index in [0.717, 1.165) is 12.8 Å². The molecule has 10 heteroatoms. The standard InChI is InChI=1S/C18H17ClN6O3/c19-13-7-12(8-22-17(13)26)18(27)25-5-1-2-11(10-25)6-15-23-16(24-28-15)14-9-20-3-4-21-14/h3-4,7-9,11H,1-2,5-6,10H2,(H,22,26)/t11-/m0/s1. The first-order valence-corrected chi connectivity index (χ1v) is 9.24. The first-order valence-electron chi connectivity index (χ1n) is 8.86. The fraction of sp³-hybridized carbons (Fsp3) is 0.333. The molecule has 0 aromatic carbocycles. The van der Waals surface area contributed by atoms with Gasteiger partial charge in [-0.2, -0.15) is 4.98 Å². The van der Waals surface area contributed by atoms with Crippen molar-refractivity contribution in [2.45, 2.75) is 19.3 Å². The molecule has 28 heavy (non-hydrogen) atoms. The number of rotatable bonds is 4. The Hall–Kier alpha value is -3.07.